The van der Waals surface area contributed by atoms with E-state index < -0.39 is 0 Å². The lowest BCUT2D eigenvalue weighted by Crippen LogP contribution is -2.40. The molecular weight excluding hydrogens is 402 g/mol. The van der Waals surface area contributed by atoms with Crippen molar-refractivity contribution in [1.29, 1.82) is 0 Å². The van der Waals surface area contributed by atoms with Crippen LogP contribution in [0.4, 0.5) is 22.9 Å². The lowest BCUT2D eigenvalue weighted by Gasteiger charge is -2.37. The molecule has 3 N–H and O–H groups in total. The molecule has 1 fully saturated rings. The van der Waals surface area contributed by atoms with Gasteiger partial charge in [0.1, 0.15) is 0 Å². The Hall–Kier alpha value is -3.32. The van der Waals surface area contributed by atoms with Crippen molar-refractivity contribution < 1.29 is 9.90 Å². The van der Waals surface area contributed by atoms with Crippen molar-refractivity contribution in [2.75, 3.05) is 28.7 Å². The predicted molar refractivity (Wildman–Crippen MR) is 130 cm³/mol. The fourth-order valence-electron chi connectivity index (χ4n) is 4.51. The zero-order valence-electron chi connectivity index (χ0n) is 18.6. The van der Waals surface area contributed by atoms with Crippen LogP contribution >= 0.6 is 0 Å². The van der Waals surface area contributed by atoms with Crippen LogP contribution in [0.1, 0.15) is 38.2 Å². The van der Waals surface area contributed by atoms with Gasteiger partial charge in [0.15, 0.2) is 5.82 Å². The molecule has 32 heavy (non-hydrogen) atoms. The lowest BCUT2D eigenvalue weighted by molar-refractivity contribution is -0.111. The Labute approximate surface area is 188 Å². The number of amides is 1. The molecule has 7 nitrogen and oxygen atoms in total. The molecule has 0 saturated carbocycles. The maximum Gasteiger partial charge on any atom is 0.247 e. The SMILES string of the molecule is C=CC(=O)Nc1cccc(Nc2nn3ccc(N4CCCC[C@@H]4CCO)cc3c2CC)c1. The Morgan fingerprint density at radius 2 is 2.12 bits per heavy atom. The number of nitrogens with zero attached hydrogens (tertiary/aromatic N) is 3. The highest BCUT2D eigenvalue weighted by molar-refractivity contribution is 5.99. The zero-order chi connectivity index (χ0) is 22.5. The molecule has 2 aromatic heterocycles. The van der Waals surface area contributed by atoms with E-state index in [4.69, 9.17) is 5.10 Å². The third-order valence-corrected chi connectivity index (χ3v) is 6.07. The molecule has 168 valence electrons. The van der Waals surface area contributed by atoms with Crippen molar-refractivity contribution in [1.82, 2.24) is 9.61 Å². The van der Waals surface area contributed by atoms with E-state index in [2.05, 4.69) is 41.2 Å². The molecule has 1 saturated heterocycles. The van der Waals surface area contributed by atoms with Gasteiger partial charge in [0.25, 0.3) is 0 Å². The number of pyridine rings is 1. The number of aryl methyl sites for hydroxylation is 1. The number of rotatable bonds is 8. The lowest BCUT2D eigenvalue weighted by atomic mass is 9.99. The van der Waals surface area contributed by atoms with Crippen LogP contribution < -0.4 is 15.5 Å². The van der Waals surface area contributed by atoms with Crippen LogP contribution in [-0.2, 0) is 11.2 Å². The first-order chi connectivity index (χ1) is 15.6. The number of benzene rings is 1. The topological polar surface area (TPSA) is 81.9 Å². The van der Waals surface area contributed by atoms with Crippen molar-refractivity contribution in [2.45, 2.75) is 45.1 Å². The van der Waals surface area contributed by atoms with E-state index in [1.54, 1.807) is 0 Å². The number of piperidine rings is 1. The molecule has 1 aliphatic heterocycles. The molecule has 1 aromatic carbocycles. The van der Waals surface area contributed by atoms with Crippen LogP contribution in [0.25, 0.3) is 5.52 Å². The molecule has 0 unspecified atom stereocenters. The van der Waals surface area contributed by atoms with Gasteiger partial charge in [-0.15, -0.1) is 5.10 Å². The molecule has 3 heterocycles. The smallest absolute Gasteiger partial charge is 0.247 e. The van der Waals surface area contributed by atoms with Gasteiger partial charge in [-0.25, -0.2) is 4.52 Å². The first-order valence-corrected chi connectivity index (χ1v) is 11.3. The average molecular weight is 434 g/mol. The maximum atomic E-state index is 11.6. The maximum absolute atomic E-state index is 11.6. The summed E-state index contributed by atoms with van der Waals surface area (Å²) in [6.07, 6.45) is 8.42. The monoisotopic (exact) mass is 433 g/mol. The minimum atomic E-state index is -0.242. The Bertz CT molecular complexity index is 1100. The van der Waals surface area contributed by atoms with Crippen molar-refractivity contribution in [3.8, 4) is 0 Å². The summed E-state index contributed by atoms with van der Waals surface area (Å²) in [7, 11) is 0. The average Bonchev–Trinajstić information content (AvgIpc) is 3.15. The van der Waals surface area contributed by atoms with Crippen molar-refractivity contribution in [2.24, 2.45) is 0 Å². The number of hydrogen-bond donors (Lipinski definition) is 3. The van der Waals surface area contributed by atoms with Gasteiger partial charge in [-0.1, -0.05) is 19.6 Å². The van der Waals surface area contributed by atoms with Crippen molar-refractivity contribution in [3.05, 3.63) is 60.8 Å². The number of nitrogens with one attached hydrogen (secondary N) is 2. The quantitative estimate of drug-likeness (QED) is 0.456. The number of fused-ring (bicyclic) bond motifs is 1. The molecule has 0 spiro atoms. The number of aromatic nitrogens is 2. The highest BCUT2D eigenvalue weighted by Gasteiger charge is 2.23. The molecule has 1 atom stereocenters. The van der Waals surface area contributed by atoms with E-state index in [1.165, 1.54) is 24.6 Å². The second-order valence-corrected chi connectivity index (χ2v) is 8.15. The Balaban J connectivity index is 1.63. The number of aliphatic hydroxyl groups excluding tert-OH is 1. The van der Waals surface area contributed by atoms with E-state index >= 15 is 0 Å². The minimum absolute atomic E-state index is 0.219. The highest BCUT2D eigenvalue weighted by Crippen LogP contribution is 2.31. The van der Waals surface area contributed by atoms with Gasteiger partial charge in [-0.3, -0.25) is 4.79 Å². The minimum Gasteiger partial charge on any atom is -0.396 e. The Morgan fingerprint density at radius 3 is 2.91 bits per heavy atom. The van der Waals surface area contributed by atoms with Gasteiger partial charge in [0, 0.05) is 48.0 Å². The Morgan fingerprint density at radius 1 is 1.28 bits per heavy atom. The van der Waals surface area contributed by atoms with E-state index in [0.717, 1.165) is 48.4 Å². The molecule has 1 amide bonds. The molecule has 1 aliphatic rings. The van der Waals surface area contributed by atoms with Crippen LogP contribution in [-0.4, -0.2) is 39.8 Å². The summed E-state index contributed by atoms with van der Waals surface area (Å²) in [6.45, 7) is 6.86. The van der Waals surface area contributed by atoms with Crippen LogP contribution in [0.15, 0.2) is 55.3 Å². The van der Waals surface area contributed by atoms with Crippen molar-refractivity contribution >= 4 is 34.3 Å². The summed E-state index contributed by atoms with van der Waals surface area (Å²) in [5, 5.41) is 20.5. The second kappa shape index (κ2) is 9.87. The summed E-state index contributed by atoms with van der Waals surface area (Å²) >= 11 is 0. The van der Waals surface area contributed by atoms with Gasteiger partial charge in [0.05, 0.1) is 5.52 Å². The number of hydrogen-bond acceptors (Lipinski definition) is 5. The molecular formula is C25H31N5O2. The molecule has 0 aliphatic carbocycles. The predicted octanol–water partition coefficient (Wildman–Crippen LogP) is 4.51. The van der Waals surface area contributed by atoms with E-state index in [9.17, 15) is 9.90 Å². The summed E-state index contributed by atoms with van der Waals surface area (Å²) < 4.78 is 1.92. The van der Waals surface area contributed by atoms with Crippen LogP contribution in [0.2, 0.25) is 0 Å². The fraction of sp³-hybridized carbons (Fsp3) is 0.360. The summed E-state index contributed by atoms with van der Waals surface area (Å²) in [4.78, 5) is 14.0. The van der Waals surface area contributed by atoms with Crippen LogP contribution in [0.3, 0.4) is 0 Å². The van der Waals surface area contributed by atoms with Gasteiger partial charge >= 0.3 is 0 Å². The van der Waals surface area contributed by atoms with Crippen LogP contribution in [0.5, 0.6) is 0 Å². The third kappa shape index (κ3) is 4.62. The zero-order valence-corrected chi connectivity index (χ0v) is 18.6. The third-order valence-electron chi connectivity index (χ3n) is 6.07. The second-order valence-electron chi connectivity index (χ2n) is 8.15. The number of carbonyl (C=O) groups excluding carboxylic acids is 1. The van der Waals surface area contributed by atoms with Crippen molar-refractivity contribution in [3.63, 3.8) is 0 Å². The van der Waals surface area contributed by atoms with Gasteiger partial charge in [0.2, 0.25) is 5.91 Å². The fourth-order valence-corrected chi connectivity index (χ4v) is 4.51. The van der Waals surface area contributed by atoms with Crippen LogP contribution in [0, 0.1) is 0 Å². The highest BCUT2D eigenvalue weighted by atomic mass is 16.3. The largest absolute Gasteiger partial charge is 0.396 e. The summed E-state index contributed by atoms with van der Waals surface area (Å²) in [5.74, 6) is 0.566. The van der Waals surface area contributed by atoms with E-state index in [0.29, 0.717) is 11.7 Å². The molecule has 4 rings (SSSR count). The van der Waals surface area contributed by atoms with E-state index in [1.807, 2.05) is 35.0 Å². The molecule has 0 radical (unpaired) electrons. The number of aliphatic hydroxyl groups is 1. The number of carbonyl (C=O) groups is 1. The molecule has 3 aromatic rings. The first kappa shape index (κ1) is 21.9. The molecule has 7 heteroatoms. The van der Waals surface area contributed by atoms with Gasteiger partial charge < -0.3 is 20.6 Å². The summed E-state index contributed by atoms with van der Waals surface area (Å²) in [6, 6.07) is 12.3. The Kier molecular flexibility index (Phi) is 6.75. The summed E-state index contributed by atoms with van der Waals surface area (Å²) in [5.41, 5.74) is 4.96. The first-order valence-electron chi connectivity index (χ1n) is 11.3. The molecule has 0 bridgehead atoms. The van der Waals surface area contributed by atoms with Gasteiger partial charge in [-0.05, 0) is 68.5 Å². The number of anilines is 4. The normalized spacial score (nSPS) is 16.2. The standard InChI is InChI=1S/C25H31N5O2/c1-3-22-23-17-21(29-13-6-5-10-20(29)12-15-31)11-14-30(23)28-25(22)27-19-9-7-8-18(16-19)26-24(32)4-2/h4,7-9,11,14,16-17,20,31H,2-3,5-6,10,12-13,15H2,1H3,(H,26,32)(H,27,28)/t20-/m1/s1. The van der Waals surface area contributed by atoms with E-state index in [-0.39, 0.29) is 12.5 Å². The van der Waals surface area contributed by atoms with Gasteiger partial charge in [-0.2, -0.15) is 0 Å².